The fourth-order valence-electron chi connectivity index (χ4n) is 1.86. The highest BCUT2D eigenvalue weighted by Crippen LogP contribution is 2.20. The van der Waals surface area contributed by atoms with Gasteiger partial charge in [0, 0.05) is 13.2 Å². The fraction of sp³-hybridized carbons (Fsp3) is 0.143. The Labute approximate surface area is 116 Å². The Hall–Kier alpha value is -2.47. The predicted octanol–water partition coefficient (Wildman–Crippen LogP) is 1.78. The molecule has 0 unspecified atom stereocenters. The number of carbonyl (C=O) groups excluding carboxylic acids is 1. The smallest absolute Gasteiger partial charge is 0.256 e. The highest BCUT2D eigenvalue weighted by Gasteiger charge is 2.18. The SMILES string of the molecule is CN(Cc1ccccn1)C(=O)c1cccc(F)c1NN. The molecule has 1 heterocycles. The molecule has 6 heteroatoms. The molecular weight excluding hydrogens is 259 g/mol. The van der Waals surface area contributed by atoms with Gasteiger partial charge in [0.15, 0.2) is 0 Å². The van der Waals surface area contributed by atoms with Crippen LogP contribution in [0.4, 0.5) is 10.1 Å². The Balaban J connectivity index is 2.21. The lowest BCUT2D eigenvalue weighted by molar-refractivity contribution is 0.0784. The molecule has 0 radical (unpaired) electrons. The molecule has 0 spiro atoms. The number of hydrazine groups is 1. The summed E-state index contributed by atoms with van der Waals surface area (Å²) in [5, 5.41) is 0. The molecule has 104 valence electrons. The van der Waals surface area contributed by atoms with Gasteiger partial charge < -0.3 is 10.3 Å². The van der Waals surface area contributed by atoms with Crippen LogP contribution in [0.5, 0.6) is 0 Å². The molecule has 2 rings (SSSR count). The van der Waals surface area contributed by atoms with Crippen molar-refractivity contribution in [3.05, 3.63) is 59.7 Å². The lowest BCUT2D eigenvalue weighted by atomic mass is 10.1. The van der Waals surface area contributed by atoms with Crippen LogP contribution in [-0.4, -0.2) is 22.8 Å². The van der Waals surface area contributed by atoms with Crippen LogP contribution in [0.2, 0.25) is 0 Å². The summed E-state index contributed by atoms with van der Waals surface area (Å²) in [6.45, 7) is 0.334. The molecule has 20 heavy (non-hydrogen) atoms. The number of nitrogen functional groups attached to an aromatic ring is 1. The summed E-state index contributed by atoms with van der Waals surface area (Å²) in [6.07, 6.45) is 1.66. The number of benzene rings is 1. The first-order valence-corrected chi connectivity index (χ1v) is 6.04. The van der Waals surface area contributed by atoms with E-state index in [2.05, 4.69) is 10.4 Å². The molecule has 0 bridgehead atoms. The highest BCUT2D eigenvalue weighted by atomic mass is 19.1. The van der Waals surface area contributed by atoms with Crippen LogP contribution >= 0.6 is 0 Å². The Morgan fingerprint density at radius 2 is 2.15 bits per heavy atom. The zero-order valence-electron chi connectivity index (χ0n) is 11.0. The molecule has 1 amide bonds. The normalized spacial score (nSPS) is 10.2. The number of nitrogens with zero attached hydrogens (tertiary/aromatic N) is 2. The molecular formula is C14H15FN4O. The predicted molar refractivity (Wildman–Crippen MR) is 74.2 cm³/mol. The molecule has 1 aromatic heterocycles. The fourth-order valence-corrected chi connectivity index (χ4v) is 1.86. The van der Waals surface area contributed by atoms with Gasteiger partial charge in [0.1, 0.15) is 5.82 Å². The van der Waals surface area contributed by atoms with E-state index in [9.17, 15) is 9.18 Å². The molecule has 3 N–H and O–H groups in total. The molecule has 0 atom stereocenters. The van der Waals surface area contributed by atoms with Gasteiger partial charge in [-0.3, -0.25) is 15.6 Å². The van der Waals surface area contributed by atoms with Crippen molar-refractivity contribution in [2.45, 2.75) is 6.54 Å². The second-order valence-electron chi connectivity index (χ2n) is 4.29. The summed E-state index contributed by atoms with van der Waals surface area (Å²) in [4.78, 5) is 17.9. The van der Waals surface area contributed by atoms with Crippen molar-refractivity contribution in [1.29, 1.82) is 0 Å². The summed E-state index contributed by atoms with van der Waals surface area (Å²) >= 11 is 0. The van der Waals surface area contributed by atoms with Crippen LogP contribution in [-0.2, 0) is 6.54 Å². The number of carbonyl (C=O) groups is 1. The zero-order chi connectivity index (χ0) is 14.5. The third-order valence-corrected chi connectivity index (χ3v) is 2.86. The highest BCUT2D eigenvalue weighted by molar-refractivity contribution is 5.99. The van der Waals surface area contributed by atoms with Crippen LogP contribution in [0.1, 0.15) is 16.1 Å². The van der Waals surface area contributed by atoms with Crippen molar-refractivity contribution in [2.75, 3.05) is 12.5 Å². The Kier molecular flexibility index (Phi) is 4.27. The summed E-state index contributed by atoms with van der Waals surface area (Å²) < 4.78 is 13.6. The van der Waals surface area contributed by atoms with Crippen LogP contribution < -0.4 is 11.3 Å². The van der Waals surface area contributed by atoms with Crippen molar-refractivity contribution in [3.63, 3.8) is 0 Å². The van der Waals surface area contributed by atoms with Crippen LogP contribution in [0.3, 0.4) is 0 Å². The standard InChI is InChI=1S/C14H15FN4O/c1-19(9-10-5-2-3-8-17-10)14(20)11-6-4-7-12(15)13(11)18-16/h2-8,18H,9,16H2,1H3. The summed E-state index contributed by atoms with van der Waals surface area (Å²) in [5.41, 5.74) is 3.15. The van der Waals surface area contributed by atoms with E-state index >= 15 is 0 Å². The number of rotatable bonds is 4. The molecule has 0 aliphatic heterocycles. The topological polar surface area (TPSA) is 71.2 Å². The molecule has 5 nitrogen and oxygen atoms in total. The van der Waals surface area contributed by atoms with Gasteiger partial charge in [0.2, 0.25) is 0 Å². The molecule has 0 fully saturated rings. The summed E-state index contributed by atoms with van der Waals surface area (Å²) in [6, 6.07) is 9.69. The number of para-hydroxylation sites is 1. The number of aromatic nitrogens is 1. The number of nitrogens with one attached hydrogen (secondary N) is 1. The maximum Gasteiger partial charge on any atom is 0.256 e. The number of halogens is 1. The van der Waals surface area contributed by atoms with Gasteiger partial charge in [0.25, 0.3) is 5.91 Å². The average molecular weight is 274 g/mol. The van der Waals surface area contributed by atoms with Crippen molar-refractivity contribution in [1.82, 2.24) is 9.88 Å². The van der Waals surface area contributed by atoms with Gasteiger partial charge in [-0.1, -0.05) is 12.1 Å². The number of anilines is 1. The summed E-state index contributed by atoms with van der Waals surface area (Å²) in [5.74, 6) is 4.37. The molecule has 2 aromatic rings. The van der Waals surface area contributed by atoms with Crippen molar-refractivity contribution < 1.29 is 9.18 Å². The monoisotopic (exact) mass is 274 g/mol. The first-order chi connectivity index (χ1) is 9.63. The van der Waals surface area contributed by atoms with E-state index < -0.39 is 5.82 Å². The van der Waals surface area contributed by atoms with Crippen LogP contribution in [0.25, 0.3) is 0 Å². The minimum absolute atomic E-state index is 0.00892. The molecule has 0 aliphatic rings. The van der Waals surface area contributed by atoms with E-state index in [-0.39, 0.29) is 17.2 Å². The van der Waals surface area contributed by atoms with Crippen molar-refractivity contribution in [3.8, 4) is 0 Å². The number of pyridine rings is 1. The first-order valence-electron chi connectivity index (χ1n) is 6.04. The number of nitrogens with two attached hydrogens (primary N) is 1. The van der Waals surface area contributed by atoms with E-state index in [4.69, 9.17) is 5.84 Å². The van der Waals surface area contributed by atoms with Gasteiger partial charge in [-0.25, -0.2) is 4.39 Å². The van der Waals surface area contributed by atoms with Crippen molar-refractivity contribution in [2.24, 2.45) is 5.84 Å². The van der Waals surface area contributed by atoms with Gasteiger partial charge in [0.05, 0.1) is 23.5 Å². The lowest BCUT2D eigenvalue weighted by Crippen LogP contribution is -2.28. The maximum absolute atomic E-state index is 13.6. The summed E-state index contributed by atoms with van der Waals surface area (Å²) in [7, 11) is 1.63. The van der Waals surface area contributed by atoms with E-state index in [0.29, 0.717) is 6.54 Å². The minimum atomic E-state index is -0.565. The minimum Gasteiger partial charge on any atom is -0.336 e. The number of hydrogen-bond donors (Lipinski definition) is 2. The number of hydrogen-bond acceptors (Lipinski definition) is 4. The van der Waals surface area contributed by atoms with Gasteiger partial charge in [-0.15, -0.1) is 0 Å². The Morgan fingerprint density at radius 1 is 1.35 bits per heavy atom. The van der Waals surface area contributed by atoms with Crippen molar-refractivity contribution >= 4 is 11.6 Å². The maximum atomic E-state index is 13.6. The van der Waals surface area contributed by atoms with E-state index in [0.717, 1.165) is 5.69 Å². The van der Waals surface area contributed by atoms with E-state index in [1.165, 1.54) is 23.1 Å². The van der Waals surface area contributed by atoms with Gasteiger partial charge in [-0.2, -0.15) is 0 Å². The molecule has 0 saturated carbocycles. The first kappa shape index (κ1) is 14.0. The average Bonchev–Trinajstić information content (AvgIpc) is 2.47. The van der Waals surface area contributed by atoms with Gasteiger partial charge >= 0.3 is 0 Å². The third-order valence-electron chi connectivity index (χ3n) is 2.86. The molecule has 1 aromatic carbocycles. The quantitative estimate of drug-likeness (QED) is 0.658. The van der Waals surface area contributed by atoms with Gasteiger partial charge in [-0.05, 0) is 24.3 Å². The second-order valence-corrected chi connectivity index (χ2v) is 4.29. The van der Waals surface area contributed by atoms with E-state index in [1.807, 2.05) is 12.1 Å². The largest absolute Gasteiger partial charge is 0.336 e. The van der Waals surface area contributed by atoms with E-state index in [1.54, 1.807) is 19.3 Å². The second kappa shape index (κ2) is 6.12. The number of amides is 1. The van der Waals surface area contributed by atoms with Crippen LogP contribution in [0, 0.1) is 5.82 Å². The third kappa shape index (κ3) is 2.92. The lowest BCUT2D eigenvalue weighted by Gasteiger charge is -2.18. The Bertz CT molecular complexity index is 603. The zero-order valence-corrected chi connectivity index (χ0v) is 11.0. The van der Waals surface area contributed by atoms with Crippen LogP contribution in [0.15, 0.2) is 42.6 Å². The molecule has 0 saturated heterocycles. The molecule has 0 aliphatic carbocycles. The Morgan fingerprint density at radius 3 is 2.80 bits per heavy atom.